The Kier molecular flexibility index (Phi) is 5.08. The second-order valence-corrected chi connectivity index (χ2v) is 9.11. The Morgan fingerprint density at radius 1 is 1.18 bits per heavy atom. The SMILES string of the molecule is COc1ccccc1CNC(=O)COC(=O)CC12C[C@@H]3C[C@@H](CC(O)(C3)C1)C2. The summed E-state index contributed by atoms with van der Waals surface area (Å²) < 4.78 is 10.5. The van der Waals surface area contributed by atoms with Gasteiger partial charge in [0.1, 0.15) is 5.75 Å². The molecule has 1 aromatic rings. The predicted octanol–water partition coefficient (Wildman–Crippen LogP) is 2.58. The molecule has 2 unspecified atom stereocenters. The topological polar surface area (TPSA) is 84.9 Å². The van der Waals surface area contributed by atoms with Gasteiger partial charge in [0.15, 0.2) is 6.61 Å². The lowest BCUT2D eigenvalue weighted by Gasteiger charge is -2.60. The van der Waals surface area contributed by atoms with Crippen LogP contribution >= 0.6 is 0 Å². The highest BCUT2D eigenvalue weighted by molar-refractivity contribution is 5.80. The lowest BCUT2D eigenvalue weighted by Crippen LogP contribution is -2.56. The zero-order chi connectivity index (χ0) is 19.8. The fourth-order valence-corrected chi connectivity index (χ4v) is 6.21. The summed E-state index contributed by atoms with van der Waals surface area (Å²) in [7, 11) is 1.59. The molecule has 0 spiro atoms. The molecule has 4 bridgehead atoms. The minimum atomic E-state index is -0.587. The molecule has 0 aliphatic heterocycles. The summed E-state index contributed by atoms with van der Waals surface area (Å²) in [4.78, 5) is 24.5. The van der Waals surface area contributed by atoms with Crippen LogP contribution in [-0.4, -0.2) is 36.3 Å². The Morgan fingerprint density at radius 3 is 2.57 bits per heavy atom. The fourth-order valence-electron chi connectivity index (χ4n) is 6.21. The molecule has 28 heavy (non-hydrogen) atoms. The van der Waals surface area contributed by atoms with Crippen LogP contribution in [0.4, 0.5) is 0 Å². The molecular formula is C22H29NO5. The van der Waals surface area contributed by atoms with E-state index in [9.17, 15) is 14.7 Å². The van der Waals surface area contributed by atoms with Gasteiger partial charge in [0.25, 0.3) is 5.91 Å². The van der Waals surface area contributed by atoms with Gasteiger partial charge in [0.05, 0.1) is 19.1 Å². The average molecular weight is 387 g/mol. The third-order valence-corrected chi connectivity index (χ3v) is 6.70. The summed E-state index contributed by atoms with van der Waals surface area (Å²) in [5.74, 6) is 1.10. The van der Waals surface area contributed by atoms with Crippen LogP contribution in [0.1, 0.15) is 50.5 Å². The maximum atomic E-state index is 12.4. The van der Waals surface area contributed by atoms with Crippen molar-refractivity contribution in [2.75, 3.05) is 13.7 Å². The van der Waals surface area contributed by atoms with Gasteiger partial charge in [-0.05, 0) is 61.8 Å². The Morgan fingerprint density at radius 2 is 1.89 bits per heavy atom. The molecule has 1 amide bonds. The summed E-state index contributed by atoms with van der Waals surface area (Å²) >= 11 is 0. The van der Waals surface area contributed by atoms with E-state index in [0.717, 1.165) is 31.2 Å². The van der Waals surface area contributed by atoms with E-state index in [4.69, 9.17) is 9.47 Å². The number of hydrogen-bond donors (Lipinski definition) is 2. The molecule has 0 saturated heterocycles. The first-order valence-corrected chi connectivity index (χ1v) is 10.2. The van der Waals surface area contributed by atoms with Crippen molar-refractivity contribution in [2.24, 2.45) is 17.3 Å². The van der Waals surface area contributed by atoms with Gasteiger partial charge in [0.2, 0.25) is 0 Å². The number of aliphatic hydroxyl groups is 1. The van der Waals surface area contributed by atoms with Crippen molar-refractivity contribution in [1.82, 2.24) is 5.32 Å². The van der Waals surface area contributed by atoms with Crippen LogP contribution in [0, 0.1) is 17.3 Å². The first kappa shape index (κ1) is 19.2. The largest absolute Gasteiger partial charge is 0.496 e. The average Bonchev–Trinajstić information content (AvgIpc) is 2.62. The minimum Gasteiger partial charge on any atom is -0.496 e. The van der Waals surface area contributed by atoms with Crippen molar-refractivity contribution in [3.8, 4) is 5.75 Å². The molecule has 1 aromatic carbocycles. The maximum absolute atomic E-state index is 12.4. The van der Waals surface area contributed by atoms with Crippen molar-refractivity contribution >= 4 is 11.9 Å². The molecule has 4 atom stereocenters. The van der Waals surface area contributed by atoms with E-state index in [1.165, 1.54) is 6.42 Å². The molecule has 0 heterocycles. The van der Waals surface area contributed by atoms with E-state index in [0.29, 0.717) is 37.0 Å². The van der Waals surface area contributed by atoms with Gasteiger partial charge in [-0.15, -0.1) is 0 Å². The number of nitrogens with one attached hydrogen (secondary N) is 1. The molecule has 5 rings (SSSR count). The number of methoxy groups -OCH3 is 1. The highest BCUT2D eigenvalue weighted by atomic mass is 16.5. The van der Waals surface area contributed by atoms with Crippen molar-refractivity contribution in [3.05, 3.63) is 29.8 Å². The molecule has 4 aliphatic carbocycles. The third-order valence-electron chi connectivity index (χ3n) is 6.70. The second kappa shape index (κ2) is 7.39. The summed E-state index contributed by atoms with van der Waals surface area (Å²) in [6.45, 7) is 0.0436. The van der Waals surface area contributed by atoms with Gasteiger partial charge in [-0.1, -0.05) is 18.2 Å². The number of carbonyl (C=O) groups is 2. The third kappa shape index (κ3) is 4.02. The molecule has 4 aliphatic rings. The molecule has 4 saturated carbocycles. The molecule has 0 aromatic heterocycles. The van der Waals surface area contributed by atoms with E-state index in [-0.39, 0.29) is 23.9 Å². The highest BCUT2D eigenvalue weighted by Gasteiger charge is 2.57. The van der Waals surface area contributed by atoms with Crippen LogP contribution < -0.4 is 10.1 Å². The Bertz CT molecular complexity index is 747. The van der Waals surface area contributed by atoms with E-state index in [1.807, 2.05) is 24.3 Å². The molecule has 2 N–H and O–H groups in total. The lowest BCUT2D eigenvalue weighted by molar-refractivity contribution is -0.177. The standard InChI is InChI=1S/C22H29NO5/c1-27-18-5-3-2-4-17(18)12-23-19(24)13-28-20(25)11-21-7-15-6-16(8-21)10-22(26,9-15)14-21/h2-5,15-16,26H,6-14H2,1H3,(H,23,24)/t15-,16+,21?,22?. The Hall–Kier alpha value is -2.08. The molecule has 152 valence electrons. The summed E-state index contributed by atoms with van der Waals surface area (Å²) in [5.41, 5.74) is 0.145. The van der Waals surface area contributed by atoms with Gasteiger partial charge < -0.3 is 19.9 Å². The lowest BCUT2D eigenvalue weighted by atomic mass is 9.47. The van der Waals surface area contributed by atoms with Crippen LogP contribution in [0.2, 0.25) is 0 Å². The van der Waals surface area contributed by atoms with Crippen LogP contribution in [0.3, 0.4) is 0 Å². The number of para-hydroxylation sites is 1. The Labute approximate surface area is 165 Å². The van der Waals surface area contributed by atoms with Crippen LogP contribution in [-0.2, 0) is 20.9 Å². The van der Waals surface area contributed by atoms with E-state index < -0.39 is 5.60 Å². The molecule has 4 fully saturated rings. The Balaban J connectivity index is 1.25. The zero-order valence-electron chi connectivity index (χ0n) is 16.4. The van der Waals surface area contributed by atoms with Crippen molar-refractivity contribution < 1.29 is 24.2 Å². The maximum Gasteiger partial charge on any atom is 0.306 e. The van der Waals surface area contributed by atoms with Crippen LogP contribution in [0.5, 0.6) is 5.75 Å². The summed E-state index contributed by atoms with van der Waals surface area (Å²) in [6.07, 6.45) is 5.95. The van der Waals surface area contributed by atoms with E-state index >= 15 is 0 Å². The fraction of sp³-hybridized carbons (Fsp3) is 0.636. The first-order valence-electron chi connectivity index (χ1n) is 10.2. The van der Waals surface area contributed by atoms with Gasteiger partial charge in [0, 0.05) is 12.1 Å². The predicted molar refractivity (Wildman–Crippen MR) is 102 cm³/mol. The van der Waals surface area contributed by atoms with Gasteiger partial charge in [-0.3, -0.25) is 9.59 Å². The quantitative estimate of drug-likeness (QED) is 0.703. The highest BCUT2D eigenvalue weighted by Crippen LogP contribution is 2.62. The van der Waals surface area contributed by atoms with Crippen LogP contribution in [0.15, 0.2) is 24.3 Å². The number of hydrogen-bond acceptors (Lipinski definition) is 5. The van der Waals surface area contributed by atoms with Gasteiger partial charge >= 0.3 is 5.97 Å². The molecule has 6 heteroatoms. The normalized spacial score (nSPS) is 32.8. The number of benzene rings is 1. The number of esters is 1. The van der Waals surface area contributed by atoms with E-state index in [1.54, 1.807) is 7.11 Å². The minimum absolute atomic E-state index is 0.135. The van der Waals surface area contributed by atoms with Crippen molar-refractivity contribution in [3.63, 3.8) is 0 Å². The molecule has 0 radical (unpaired) electrons. The number of carbonyl (C=O) groups excluding carboxylic acids is 2. The van der Waals surface area contributed by atoms with E-state index in [2.05, 4.69) is 5.32 Å². The smallest absolute Gasteiger partial charge is 0.306 e. The number of amides is 1. The van der Waals surface area contributed by atoms with Crippen LogP contribution in [0.25, 0.3) is 0 Å². The van der Waals surface area contributed by atoms with Crippen molar-refractivity contribution in [2.45, 2.75) is 57.1 Å². The zero-order valence-corrected chi connectivity index (χ0v) is 16.4. The summed E-state index contributed by atoms with van der Waals surface area (Å²) in [5, 5.41) is 13.6. The second-order valence-electron chi connectivity index (χ2n) is 9.11. The van der Waals surface area contributed by atoms with Gasteiger partial charge in [-0.25, -0.2) is 0 Å². The number of ether oxygens (including phenoxy) is 2. The van der Waals surface area contributed by atoms with Crippen molar-refractivity contribution in [1.29, 1.82) is 0 Å². The monoisotopic (exact) mass is 387 g/mol. The molecule has 6 nitrogen and oxygen atoms in total. The number of rotatable bonds is 7. The molecular weight excluding hydrogens is 358 g/mol. The first-order chi connectivity index (χ1) is 13.4. The summed E-state index contributed by atoms with van der Waals surface area (Å²) in [6, 6.07) is 7.46. The van der Waals surface area contributed by atoms with Gasteiger partial charge in [-0.2, -0.15) is 0 Å².